The van der Waals surface area contributed by atoms with Gasteiger partial charge in [-0.3, -0.25) is 0 Å². The van der Waals surface area contributed by atoms with Crippen LogP contribution in [0.3, 0.4) is 0 Å². The molecule has 2 heteroatoms. The lowest BCUT2D eigenvalue weighted by molar-refractivity contribution is 0.304. The van der Waals surface area contributed by atoms with Crippen molar-refractivity contribution in [2.24, 2.45) is 5.41 Å². The van der Waals surface area contributed by atoms with Gasteiger partial charge < -0.3 is 0 Å². The first-order valence-corrected chi connectivity index (χ1v) is 13.7. The Bertz CT molecular complexity index is 1360. The summed E-state index contributed by atoms with van der Waals surface area (Å²) in [4.78, 5) is 0. The minimum atomic E-state index is -0.0958. The monoisotopic (exact) mass is 580 g/mol. The van der Waals surface area contributed by atoms with Crippen LogP contribution in [0.2, 0.25) is 0 Å². The van der Waals surface area contributed by atoms with Crippen molar-refractivity contribution in [1.82, 2.24) is 0 Å². The van der Waals surface area contributed by atoms with E-state index >= 15 is 0 Å². The van der Waals surface area contributed by atoms with Crippen LogP contribution in [-0.2, 0) is 0 Å². The molecule has 0 heterocycles. The molecule has 4 aromatic rings. The van der Waals surface area contributed by atoms with Gasteiger partial charge in [0.15, 0.2) is 0 Å². The average Bonchev–Trinajstić information content (AvgIpc) is 3.47. The van der Waals surface area contributed by atoms with Crippen LogP contribution in [-0.4, -0.2) is 0 Å². The van der Waals surface area contributed by atoms with Gasteiger partial charge >= 0.3 is 0 Å². The molecule has 0 spiro atoms. The molecule has 2 aliphatic carbocycles. The number of rotatable bonds is 4. The molecule has 2 unspecified atom stereocenters. The molecule has 0 nitrogen and oxygen atoms in total. The maximum absolute atomic E-state index is 3.85. The fourth-order valence-electron chi connectivity index (χ4n) is 6.26. The molecule has 2 atom stereocenters. The average molecular weight is 582 g/mol. The molecule has 35 heavy (non-hydrogen) atoms. The highest BCUT2D eigenvalue weighted by atomic mass is 79.9. The number of fused-ring (bicyclic) bond motifs is 2. The van der Waals surface area contributed by atoms with Gasteiger partial charge in [-0.05, 0) is 74.2 Å². The Balaban J connectivity index is 1.57. The van der Waals surface area contributed by atoms with E-state index in [1.807, 2.05) is 0 Å². The third-order valence-electron chi connectivity index (χ3n) is 7.72. The van der Waals surface area contributed by atoms with Gasteiger partial charge in [-0.1, -0.05) is 131 Å². The molecule has 0 radical (unpaired) electrons. The van der Waals surface area contributed by atoms with Gasteiger partial charge in [0.25, 0.3) is 0 Å². The summed E-state index contributed by atoms with van der Waals surface area (Å²) in [7, 11) is 0. The van der Waals surface area contributed by atoms with E-state index in [9.17, 15) is 0 Å². The molecule has 0 bridgehead atoms. The number of hydrogen-bond acceptors (Lipinski definition) is 0. The van der Waals surface area contributed by atoms with Crippen LogP contribution < -0.4 is 0 Å². The molecular weight excluding hydrogens is 556 g/mol. The summed E-state index contributed by atoms with van der Waals surface area (Å²) >= 11 is 7.69. The lowest BCUT2D eigenvalue weighted by atomic mass is 9.61. The highest BCUT2D eigenvalue weighted by Gasteiger charge is 2.47. The van der Waals surface area contributed by atoms with E-state index in [2.05, 4.69) is 155 Å². The predicted molar refractivity (Wildman–Crippen MR) is 156 cm³/mol. The summed E-state index contributed by atoms with van der Waals surface area (Å²) in [6.45, 7) is 4.92. The van der Waals surface area contributed by atoms with E-state index in [-0.39, 0.29) is 17.3 Å². The van der Waals surface area contributed by atoms with Crippen molar-refractivity contribution in [3.63, 3.8) is 0 Å². The van der Waals surface area contributed by atoms with Gasteiger partial charge in [0, 0.05) is 20.8 Å². The Morgan fingerprint density at radius 3 is 1.31 bits per heavy atom. The number of benzene rings is 4. The lowest BCUT2D eigenvalue weighted by Gasteiger charge is -2.42. The van der Waals surface area contributed by atoms with Crippen LogP contribution in [0.1, 0.15) is 59.1 Å². The van der Waals surface area contributed by atoms with E-state index in [1.54, 1.807) is 0 Å². The molecule has 0 saturated heterocycles. The number of allylic oxidation sites excluding steroid dienone is 2. The Labute approximate surface area is 224 Å². The molecule has 0 saturated carbocycles. The highest BCUT2D eigenvalue weighted by molar-refractivity contribution is 9.10. The smallest absolute Gasteiger partial charge is 0.0250 e. The largest absolute Gasteiger partial charge is 0.0622 e. The Morgan fingerprint density at radius 1 is 0.514 bits per heavy atom. The molecule has 2 aliphatic rings. The normalized spacial score (nSPS) is 18.6. The second-order valence-electron chi connectivity index (χ2n) is 10.1. The zero-order valence-electron chi connectivity index (χ0n) is 19.8. The van der Waals surface area contributed by atoms with Crippen molar-refractivity contribution in [1.29, 1.82) is 0 Å². The van der Waals surface area contributed by atoms with Gasteiger partial charge in [-0.25, -0.2) is 0 Å². The third kappa shape index (κ3) is 3.70. The summed E-state index contributed by atoms with van der Waals surface area (Å²) in [6, 6.07) is 35.1. The maximum Gasteiger partial charge on any atom is 0.0250 e. The zero-order chi connectivity index (χ0) is 24.2. The Morgan fingerprint density at radius 2 is 0.914 bits per heavy atom. The third-order valence-corrected chi connectivity index (χ3v) is 9.10. The van der Waals surface area contributed by atoms with Crippen LogP contribution in [0.5, 0.6) is 0 Å². The van der Waals surface area contributed by atoms with Crippen LogP contribution in [0, 0.1) is 5.41 Å². The second-order valence-corrected chi connectivity index (χ2v) is 11.8. The molecule has 172 valence electrons. The van der Waals surface area contributed by atoms with E-state index in [0.29, 0.717) is 0 Å². The van der Waals surface area contributed by atoms with Crippen LogP contribution >= 0.6 is 31.9 Å². The zero-order valence-corrected chi connectivity index (χ0v) is 23.0. The maximum atomic E-state index is 3.85. The molecule has 4 aromatic carbocycles. The minimum absolute atomic E-state index is 0.0958. The SMILES string of the molecule is CC(C)(C1C(c2ccccc2)=Cc2c(Br)cccc21)C1C(c2ccccc2)=Cc2c(Br)cccc21. The summed E-state index contributed by atoms with van der Waals surface area (Å²) in [5.41, 5.74) is 10.7. The molecule has 0 aliphatic heterocycles. The van der Waals surface area contributed by atoms with Crippen molar-refractivity contribution < 1.29 is 0 Å². The Hall–Kier alpha value is -2.68. The second kappa shape index (κ2) is 8.76. The minimum Gasteiger partial charge on any atom is -0.0622 e. The number of hydrogen-bond donors (Lipinski definition) is 0. The topological polar surface area (TPSA) is 0 Å². The van der Waals surface area contributed by atoms with Crippen molar-refractivity contribution in [3.05, 3.63) is 139 Å². The van der Waals surface area contributed by atoms with E-state index in [0.717, 1.165) is 8.95 Å². The van der Waals surface area contributed by atoms with Gasteiger partial charge in [-0.2, -0.15) is 0 Å². The summed E-state index contributed by atoms with van der Waals surface area (Å²) in [5, 5.41) is 0. The fraction of sp³-hybridized carbons (Fsp3) is 0.152. The van der Waals surface area contributed by atoms with Crippen molar-refractivity contribution >= 4 is 55.2 Å². The molecule has 0 amide bonds. The van der Waals surface area contributed by atoms with E-state index < -0.39 is 0 Å². The molecule has 6 rings (SSSR count). The van der Waals surface area contributed by atoms with Crippen molar-refractivity contribution in [3.8, 4) is 0 Å². The first kappa shape index (κ1) is 22.8. The van der Waals surface area contributed by atoms with Gasteiger partial charge in [0.2, 0.25) is 0 Å². The molecule has 0 aromatic heterocycles. The van der Waals surface area contributed by atoms with Crippen molar-refractivity contribution in [2.45, 2.75) is 25.7 Å². The number of halogens is 2. The standard InChI is InChI=1S/C33H26Br2/c1-33(2,31-23-15-9-17-29(34)27(23)19-25(31)21-11-5-3-6-12-21)32-24-16-10-18-30(35)28(24)20-26(32)22-13-7-4-8-14-22/h3-20,31-32H,1-2H3. The Kier molecular flexibility index (Phi) is 5.70. The van der Waals surface area contributed by atoms with Gasteiger partial charge in [0.1, 0.15) is 0 Å². The lowest BCUT2D eigenvalue weighted by Crippen LogP contribution is -2.30. The van der Waals surface area contributed by atoms with Gasteiger partial charge in [0.05, 0.1) is 0 Å². The van der Waals surface area contributed by atoms with E-state index in [1.165, 1.54) is 44.5 Å². The van der Waals surface area contributed by atoms with Crippen LogP contribution in [0.25, 0.3) is 23.3 Å². The first-order valence-electron chi connectivity index (χ1n) is 12.1. The first-order chi connectivity index (χ1) is 17.0. The van der Waals surface area contributed by atoms with Crippen LogP contribution in [0.15, 0.2) is 106 Å². The summed E-state index contributed by atoms with van der Waals surface area (Å²) in [6.07, 6.45) is 4.81. The predicted octanol–water partition coefficient (Wildman–Crippen LogP) is 10.2. The van der Waals surface area contributed by atoms with Crippen LogP contribution in [0.4, 0.5) is 0 Å². The summed E-state index contributed by atoms with van der Waals surface area (Å²) < 4.78 is 2.32. The highest BCUT2D eigenvalue weighted by Crippen LogP contribution is 2.62. The van der Waals surface area contributed by atoms with Crippen molar-refractivity contribution in [2.75, 3.05) is 0 Å². The summed E-state index contributed by atoms with van der Waals surface area (Å²) in [5.74, 6) is 0.499. The quantitative estimate of drug-likeness (QED) is 0.225. The molecular formula is C33H26Br2. The fourth-order valence-corrected chi connectivity index (χ4v) is 7.25. The molecule has 0 fully saturated rings. The van der Waals surface area contributed by atoms with E-state index in [4.69, 9.17) is 0 Å². The molecule has 0 N–H and O–H groups in total. The van der Waals surface area contributed by atoms with Gasteiger partial charge in [-0.15, -0.1) is 0 Å².